The standard InChI is InChI=1S/C24H46O2Si2/c1-24-15-14-20-19-11-9-18(25-27(2,3)4)16-17(19)8-10-21(20)22(24)12-13-23(24)26-28(5,6)7/h17-23H,8-16H2,1-7H3/t17-,18-,19?,20?,21?,22?,23-,24?/m0/s1. The van der Waals surface area contributed by atoms with E-state index in [9.17, 15) is 0 Å². The van der Waals surface area contributed by atoms with E-state index in [0.29, 0.717) is 17.6 Å². The monoisotopic (exact) mass is 422 g/mol. The van der Waals surface area contributed by atoms with Crippen molar-refractivity contribution in [2.45, 2.75) is 116 Å². The van der Waals surface area contributed by atoms with Crippen LogP contribution in [-0.2, 0) is 8.85 Å². The second kappa shape index (κ2) is 7.49. The quantitative estimate of drug-likeness (QED) is 0.451. The maximum Gasteiger partial charge on any atom is 0.184 e. The maximum absolute atomic E-state index is 6.74. The van der Waals surface area contributed by atoms with Crippen LogP contribution in [0.25, 0.3) is 0 Å². The largest absolute Gasteiger partial charge is 0.415 e. The Morgan fingerprint density at radius 2 is 1.36 bits per heavy atom. The van der Waals surface area contributed by atoms with Gasteiger partial charge in [0, 0.05) is 6.10 Å². The number of fused-ring (bicyclic) bond motifs is 5. The summed E-state index contributed by atoms with van der Waals surface area (Å²) in [6, 6.07) is 0. The number of rotatable bonds is 4. The van der Waals surface area contributed by atoms with Crippen LogP contribution in [0.4, 0.5) is 0 Å². The van der Waals surface area contributed by atoms with Gasteiger partial charge >= 0.3 is 0 Å². The van der Waals surface area contributed by atoms with Gasteiger partial charge in [-0.25, -0.2) is 0 Å². The van der Waals surface area contributed by atoms with Crippen molar-refractivity contribution in [3.05, 3.63) is 0 Å². The molecule has 4 aliphatic rings. The summed E-state index contributed by atoms with van der Waals surface area (Å²) < 4.78 is 13.3. The van der Waals surface area contributed by atoms with Crippen molar-refractivity contribution in [1.82, 2.24) is 0 Å². The van der Waals surface area contributed by atoms with Gasteiger partial charge in [0.1, 0.15) is 0 Å². The third kappa shape index (κ3) is 4.22. The van der Waals surface area contributed by atoms with Gasteiger partial charge in [-0.15, -0.1) is 0 Å². The van der Waals surface area contributed by atoms with Gasteiger partial charge < -0.3 is 8.85 Å². The van der Waals surface area contributed by atoms with Gasteiger partial charge in [-0.3, -0.25) is 0 Å². The molecule has 0 saturated heterocycles. The van der Waals surface area contributed by atoms with E-state index in [4.69, 9.17) is 8.85 Å². The van der Waals surface area contributed by atoms with Crippen molar-refractivity contribution in [2.75, 3.05) is 0 Å². The van der Waals surface area contributed by atoms with Crippen LogP contribution in [0.2, 0.25) is 39.3 Å². The van der Waals surface area contributed by atoms with E-state index in [1.807, 2.05) is 0 Å². The first kappa shape index (κ1) is 21.6. The zero-order chi connectivity index (χ0) is 20.3. The molecule has 0 heterocycles. The fourth-order valence-corrected chi connectivity index (χ4v) is 10.4. The Morgan fingerprint density at radius 3 is 2.04 bits per heavy atom. The van der Waals surface area contributed by atoms with Crippen molar-refractivity contribution in [3.63, 3.8) is 0 Å². The average Bonchev–Trinajstić information content (AvgIpc) is 2.88. The van der Waals surface area contributed by atoms with Gasteiger partial charge in [0.2, 0.25) is 0 Å². The van der Waals surface area contributed by atoms with E-state index in [1.165, 1.54) is 57.8 Å². The highest BCUT2D eigenvalue weighted by atomic mass is 28.4. The second-order valence-electron chi connectivity index (χ2n) is 12.9. The zero-order valence-corrected chi connectivity index (χ0v) is 21.7. The lowest BCUT2D eigenvalue weighted by atomic mass is 9.50. The lowest BCUT2D eigenvalue weighted by Crippen LogP contribution is -2.51. The van der Waals surface area contributed by atoms with E-state index in [1.54, 1.807) is 0 Å². The topological polar surface area (TPSA) is 18.5 Å². The van der Waals surface area contributed by atoms with Crippen LogP contribution in [0.5, 0.6) is 0 Å². The van der Waals surface area contributed by atoms with Gasteiger partial charge in [0.25, 0.3) is 0 Å². The first-order valence-corrected chi connectivity index (χ1v) is 19.1. The third-order valence-corrected chi connectivity index (χ3v) is 10.9. The molecule has 4 saturated carbocycles. The summed E-state index contributed by atoms with van der Waals surface area (Å²) in [5.41, 5.74) is 0.465. The lowest BCUT2D eigenvalue weighted by Gasteiger charge is -2.56. The molecule has 162 valence electrons. The van der Waals surface area contributed by atoms with Crippen molar-refractivity contribution < 1.29 is 8.85 Å². The smallest absolute Gasteiger partial charge is 0.184 e. The molecule has 8 atom stereocenters. The SMILES string of the molecule is CC12CCC3C(CC[C@H]4C[C@@H](O[Si](C)(C)C)CCC34)C1CC[C@@H]2O[Si](C)(C)C. The minimum absolute atomic E-state index is 0.465. The van der Waals surface area contributed by atoms with E-state index in [0.717, 1.165) is 29.6 Å². The molecule has 0 spiro atoms. The van der Waals surface area contributed by atoms with Crippen molar-refractivity contribution in [2.24, 2.45) is 35.0 Å². The highest BCUT2D eigenvalue weighted by Crippen LogP contribution is 2.63. The van der Waals surface area contributed by atoms with Crippen LogP contribution < -0.4 is 0 Å². The molecule has 0 aromatic rings. The molecule has 0 N–H and O–H groups in total. The van der Waals surface area contributed by atoms with E-state index < -0.39 is 16.6 Å². The molecule has 5 unspecified atom stereocenters. The van der Waals surface area contributed by atoms with Crippen molar-refractivity contribution in [1.29, 1.82) is 0 Å². The summed E-state index contributed by atoms with van der Waals surface area (Å²) >= 11 is 0. The Morgan fingerprint density at radius 1 is 0.679 bits per heavy atom. The average molecular weight is 423 g/mol. The summed E-state index contributed by atoms with van der Waals surface area (Å²) in [5, 5.41) is 0. The Balaban J connectivity index is 1.43. The Kier molecular flexibility index (Phi) is 5.77. The number of hydrogen-bond donors (Lipinski definition) is 0. The van der Waals surface area contributed by atoms with Crippen LogP contribution in [0.15, 0.2) is 0 Å². The van der Waals surface area contributed by atoms with Crippen LogP contribution >= 0.6 is 0 Å². The second-order valence-corrected chi connectivity index (χ2v) is 21.9. The highest BCUT2D eigenvalue weighted by Gasteiger charge is 2.57. The van der Waals surface area contributed by atoms with Crippen LogP contribution in [0.3, 0.4) is 0 Å². The van der Waals surface area contributed by atoms with E-state index >= 15 is 0 Å². The molecular weight excluding hydrogens is 376 g/mol. The predicted molar refractivity (Wildman–Crippen MR) is 124 cm³/mol. The molecule has 4 fully saturated rings. The lowest BCUT2D eigenvalue weighted by molar-refractivity contribution is -0.0867. The first-order chi connectivity index (χ1) is 13.0. The molecule has 4 rings (SSSR count). The maximum atomic E-state index is 6.74. The zero-order valence-electron chi connectivity index (χ0n) is 19.7. The summed E-state index contributed by atoms with van der Waals surface area (Å²) in [5.74, 6) is 4.89. The van der Waals surface area contributed by atoms with Crippen molar-refractivity contribution in [3.8, 4) is 0 Å². The molecule has 0 amide bonds. The fraction of sp³-hybridized carbons (Fsp3) is 1.00. The van der Waals surface area contributed by atoms with Crippen LogP contribution in [-0.4, -0.2) is 28.8 Å². The van der Waals surface area contributed by atoms with Crippen molar-refractivity contribution >= 4 is 16.6 Å². The summed E-state index contributed by atoms with van der Waals surface area (Å²) in [6.07, 6.45) is 13.9. The third-order valence-electron chi connectivity index (χ3n) is 8.84. The van der Waals surface area contributed by atoms with Crippen LogP contribution in [0.1, 0.15) is 64.7 Å². The molecule has 0 aliphatic heterocycles. The fourth-order valence-electron chi connectivity index (χ4n) is 7.99. The molecule has 2 nitrogen and oxygen atoms in total. The molecule has 0 aromatic heterocycles. The Bertz CT molecular complexity index is 566. The first-order valence-electron chi connectivity index (χ1n) is 12.3. The van der Waals surface area contributed by atoms with Gasteiger partial charge in [0.05, 0.1) is 6.10 Å². The summed E-state index contributed by atoms with van der Waals surface area (Å²) in [6.45, 7) is 16.8. The Hall–Kier alpha value is 0.354. The number of hydrogen-bond acceptors (Lipinski definition) is 2. The molecule has 0 bridgehead atoms. The summed E-state index contributed by atoms with van der Waals surface area (Å²) in [7, 11) is -2.86. The molecular formula is C24H46O2Si2. The molecule has 0 radical (unpaired) electrons. The minimum Gasteiger partial charge on any atom is -0.415 e. The molecule has 28 heavy (non-hydrogen) atoms. The van der Waals surface area contributed by atoms with E-state index in [-0.39, 0.29) is 0 Å². The summed E-state index contributed by atoms with van der Waals surface area (Å²) in [4.78, 5) is 0. The van der Waals surface area contributed by atoms with Gasteiger partial charge in [0.15, 0.2) is 16.6 Å². The minimum atomic E-state index is -1.46. The van der Waals surface area contributed by atoms with Gasteiger partial charge in [-0.2, -0.15) is 0 Å². The van der Waals surface area contributed by atoms with E-state index in [2.05, 4.69) is 46.2 Å². The molecule has 4 aliphatic carbocycles. The van der Waals surface area contributed by atoms with Gasteiger partial charge in [-0.1, -0.05) is 6.92 Å². The molecule has 0 aromatic carbocycles. The molecule has 4 heteroatoms. The predicted octanol–water partition coefficient (Wildman–Crippen LogP) is 7.08. The normalized spacial score (nSPS) is 46.6. The highest BCUT2D eigenvalue weighted by molar-refractivity contribution is 6.70. The Labute approximate surface area is 176 Å². The van der Waals surface area contributed by atoms with Gasteiger partial charge in [-0.05, 0) is 132 Å². The van der Waals surface area contributed by atoms with Crippen LogP contribution in [0, 0.1) is 35.0 Å².